The van der Waals surface area contributed by atoms with Gasteiger partial charge in [-0.2, -0.15) is 0 Å². The van der Waals surface area contributed by atoms with Gasteiger partial charge in [0.15, 0.2) is 0 Å². The van der Waals surface area contributed by atoms with Crippen molar-refractivity contribution in [1.82, 2.24) is 10.6 Å². The van der Waals surface area contributed by atoms with Crippen LogP contribution in [0.1, 0.15) is 12.8 Å². The molecular weight excluding hydrogens is 287 g/mol. The second-order valence-electron chi connectivity index (χ2n) is 4.45. The Bertz CT molecular complexity index is 394. The van der Waals surface area contributed by atoms with Crippen molar-refractivity contribution in [2.45, 2.75) is 24.9 Å². The zero-order chi connectivity index (χ0) is 15.2. The van der Waals surface area contributed by atoms with Crippen LogP contribution < -0.4 is 10.6 Å². The van der Waals surface area contributed by atoms with Gasteiger partial charge >= 0.3 is 13.6 Å². The topological polar surface area (TPSA) is 103 Å². The smallest absolute Gasteiger partial charge is 0.339 e. The maximum absolute atomic E-state index is 11.8. The van der Waals surface area contributed by atoms with E-state index in [0.717, 1.165) is 0 Å². The highest BCUT2D eigenvalue weighted by atomic mass is 31.2. The summed E-state index contributed by atoms with van der Waals surface area (Å²) in [7, 11) is 0.418. The monoisotopic (exact) mass is 308 g/mol. The van der Waals surface area contributed by atoms with Gasteiger partial charge < -0.3 is 24.4 Å². The first-order valence-electron chi connectivity index (χ1n) is 6.25. The van der Waals surface area contributed by atoms with E-state index >= 15 is 0 Å². The number of hydrogen-bond donors (Lipinski definition) is 2. The Kier molecular flexibility index (Phi) is 6.61. The lowest BCUT2D eigenvalue weighted by molar-refractivity contribution is -0.144. The van der Waals surface area contributed by atoms with Gasteiger partial charge in [-0.25, -0.2) is 0 Å². The third-order valence-corrected chi connectivity index (χ3v) is 4.94. The number of methoxy groups -OCH3 is 1. The van der Waals surface area contributed by atoms with Crippen LogP contribution in [0.15, 0.2) is 0 Å². The fourth-order valence-corrected chi connectivity index (χ4v) is 2.87. The Morgan fingerprint density at radius 3 is 2.50 bits per heavy atom. The molecule has 0 unspecified atom stereocenters. The molecule has 0 saturated carbocycles. The standard InChI is InChI=1S/C11H21N2O6P/c1-17-11(15)9-6-8(4-5-12-9)13-10(14)7-20(16,18-2)19-3/h8-9,12H,4-7H2,1-3H3,(H,13,14)/t8-,9+/m1/s1. The summed E-state index contributed by atoms with van der Waals surface area (Å²) in [5, 5.41) is 5.75. The average Bonchev–Trinajstić information content (AvgIpc) is 2.46. The summed E-state index contributed by atoms with van der Waals surface area (Å²) in [6, 6.07) is -0.606. The van der Waals surface area contributed by atoms with Crippen LogP contribution in [0.3, 0.4) is 0 Å². The van der Waals surface area contributed by atoms with E-state index in [1.54, 1.807) is 0 Å². The van der Waals surface area contributed by atoms with Crippen molar-refractivity contribution in [3.63, 3.8) is 0 Å². The molecule has 1 aliphatic heterocycles. The molecule has 0 aliphatic carbocycles. The van der Waals surface area contributed by atoms with Crippen molar-refractivity contribution in [2.75, 3.05) is 34.0 Å². The minimum absolute atomic E-state index is 0.171. The fraction of sp³-hybridized carbons (Fsp3) is 0.818. The molecule has 20 heavy (non-hydrogen) atoms. The van der Waals surface area contributed by atoms with Gasteiger partial charge in [0.05, 0.1) is 7.11 Å². The van der Waals surface area contributed by atoms with Crippen LogP contribution in [-0.4, -0.2) is 58.0 Å². The Morgan fingerprint density at radius 2 is 1.95 bits per heavy atom. The second-order valence-corrected chi connectivity index (χ2v) is 6.72. The van der Waals surface area contributed by atoms with Crippen LogP contribution in [0.5, 0.6) is 0 Å². The molecule has 9 heteroatoms. The molecule has 1 heterocycles. The summed E-state index contributed by atoms with van der Waals surface area (Å²) >= 11 is 0. The lowest BCUT2D eigenvalue weighted by Crippen LogP contribution is -2.51. The molecule has 8 nitrogen and oxygen atoms in total. The van der Waals surface area contributed by atoms with E-state index < -0.39 is 19.5 Å². The molecule has 0 radical (unpaired) electrons. The highest BCUT2D eigenvalue weighted by Crippen LogP contribution is 2.45. The third-order valence-electron chi connectivity index (χ3n) is 3.15. The van der Waals surface area contributed by atoms with Crippen LogP contribution >= 0.6 is 7.60 Å². The zero-order valence-corrected chi connectivity index (χ0v) is 12.8. The minimum atomic E-state index is -3.36. The average molecular weight is 308 g/mol. The fourth-order valence-electron chi connectivity index (χ4n) is 2.02. The molecule has 0 aromatic rings. The van der Waals surface area contributed by atoms with Crippen molar-refractivity contribution in [3.8, 4) is 0 Å². The maximum atomic E-state index is 11.8. The molecule has 1 fully saturated rings. The van der Waals surface area contributed by atoms with Crippen LogP contribution in [0.2, 0.25) is 0 Å². The first-order valence-corrected chi connectivity index (χ1v) is 7.98. The summed E-state index contributed by atoms with van der Waals surface area (Å²) in [6.07, 6.45) is 0.777. The SMILES string of the molecule is COC(=O)[C@@H]1C[C@H](NC(=O)CP(=O)(OC)OC)CCN1. The molecule has 2 N–H and O–H groups in total. The third kappa shape index (κ3) is 4.86. The number of nitrogens with one attached hydrogen (secondary N) is 2. The molecule has 116 valence electrons. The largest absolute Gasteiger partial charge is 0.468 e. The van der Waals surface area contributed by atoms with E-state index in [0.29, 0.717) is 19.4 Å². The molecule has 1 amide bonds. The van der Waals surface area contributed by atoms with Crippen molar-refractivity contribution >= 4 is 19.5 Å². The van der Waals surface area contributed by atoms with Gasteiger partial charge in [-0.3, -0.25) is 14.2 Å². The van der Waals surface area contributed by atoms with Crippen molar-refractivity contribution < 1.29 is 27.9 Å². The molecule has 0 aromatic carbocycles. The summed E-state index contributed by atoms with van der Waals surface area (Å²) in [5.74, 6) is -0.782. The molecule has 1 rings (SSSR count). The molecule has 0 aromatic heterocycles. The van der Waals surface area contributed by atoms with E-state index in [2.05, 4.69) is 15.4 Å². The summed E-state index contributed by atoms with van der Waals surface area (Å²) < 4.78 is 25.9. The predicted octanol–water partition coefficient (Wildman–Crippen LogP) is -0.118. The van der Waals surface area contributed by atoms with E-state index in [4.69, 9.17) is 9.05 Å². The highest BCUT2D eigenvalue weighted by molar-refractivity contribution is 7.54. The molecule has 1 aliphatic rings. The van der Waals surface area contributed by atoms with Gasteiger partial charge in [0, 0.05) is 20.3 Å². The van der Waals surface area contributed by atoms with E-state index in [1.165, 1.54) is 21.3 Å². The lowest BCUT2D eigenvalue weighted by atomic mass is 9.99. The van der Waals surface area contributed by atoms with Crippen LogP contribution in [-0.2, 0) is 27.9 Å². The van der Waals surface area contributed by atoms with E-state index in [-0.39, 0.29) is 18.2 Å². The van der Waals surface area contributed by atoms with Gasteiger partial charge in [0.25, 0.3) is 0 Å². The van der Waals surface area contributed by atoms with Gasteiger partial charge in [0.2, 0.25) is 5.91 Å². The number of esters is 1. The van der Waals surface area contributed by atoms with Gasteiger partial charge in [-0.15, -0.1) is 0 Å². The number of carbonyl (C=O) groups excluding carboxylic acids is 2. The van der Waals surface area contributed by atoms with Gasteiger partial charge in [0.1, 0.15) is 12.2 Å². The van der Waals surface area contributed by atoms with Gasteiger partial charge in [-0.05, 0) is 19.4 Å². The Labute approximate surface area is 118 Å². The van der Waals surface area contributed by atoms with Crippen molar-refractivity contribution in [3.05, 3.63) is 0 Å². The quantitative estimate of drug-likeness (QED) is 0.521. The number of piperidine rings is 1. The second kappa shape index (κ2) is 7.73. The number of hydrogen-bond acceptors (Lipinski definition) is 7. The number of amides is 1. The summed E-state index contributed by atoms with van der Waals surface area (Å²) in [4.78, 5) is 23.2. The zero-order valence-electron chi connectivity index (χ0n) is 11.9. The Morgan fingerprint density at radius 1 is 1.30 bits per heavy atom. The molecular formula is C11H21N2O6P. The molecule has 0 spiro atoms. The number of carbonyl (C=O) groups is 2. The van der Waals surface area contributed by atoms with Crippen molar-refractivity contribution in [2.24, 2.45) is 0 Å². The summed E-state index contributed by atoms with van der Waals surface area (Å²) in [5.41, 5.74) is 0. The first-order chi connectivity index (χ1) is 9.44. The van der Waals surface area contributed by atoms with E-state index in [1.807, 2.05) is 0 Å². The molecule has 2 atom stereocenters. The predicted molar refractivity (Wildman–Crippen MR) is 71.5 cm³/mol. The van der Waals surface area contributed by atoms with Crippen LogP contribution in [0.25, 0.3) is 0 Å². The molecule has 0 bridgehead atoms. The molecule has 1 saturated heterocycles. The number of rotatable bonds is 6. The van der Waals surface area contributed by atoms with Crippen LogP contribution in [0, 0.1) is 0 Å². The Hall–Kier alpha value is -0.950. The minimum Gasteiger partial charge on any atom is -0.468 e. The van der Waals surface area contributed by atoms with E-state index in [9.17, 15) is 14.2 Å². The van der Waals surface area contributed by atoms with Crippen LogP contribution in [0.4, 0.5) is 0 Å². The number of ether oxygens (including phenoxy) is 1. The first kappa shape index (κ1) is 17.1. The normalized spacial score (nSPS) is 23.1. The van der Waals surface area contributed by atoms with Gasteiger partial charge in [-0.1, -0.05) is 0 Å². The Balaban J connectivity index is 2.49. The summed E-state index contributed by atoms with van der Waals surface area (Å²) in [6.45, 7) is 0.594. The lowest BCUT2D eigenvalue weighted by Gasteiger charge is -2.29. The highest BCUT2D eigenvalue weighted by Gasteiger charge is 2.31. The van der Waals surface area contributed by atoms with Crippen molar-refractivity contribution in [1.29, 1.82) is 0 Å². The maximum Gasteiger partial charge on any atom is 0.339 e.